The average Bonchev–Trinajstić information content (AvgIpc) is 3.04. The van der Waals surface area contributed by atoms with Crippen molar-refractivity contribution in [1.29, 1.82) is 0 Å². The van der Waals surface area contributed by atoms with Crippen LogP contribution in [0.5, 0.6) is 0 Å². The number of carbonyl (C=O) groups is 2. The Morgan fingerprint density at radius 2 is 2.08 bits per heavy atom. The summed E-state index contributed by atoms with van der Waals surface area (Å²) in [7, 11) is 3.22. The topological polar surface area (TPSA) is 85.2 Å². The van der Waals surface area contributed by atoms with Crippen LogP contribution in [0.1, 0.15) is 17.2 Å². The molecule has 1 aromatic carbocycles. The Morgan fingerprint density at radius 3 is 2.69 bits per heavy atom. The van der Waals surface area contributed by atoms with E-state index >= 15 is 0 Å². The van der Waals surface area contributed by atoms with Crippen LogP contribution < -0.4 is 10.6 Å². The number of hydrogen-bond acceptors (Lipinski definition) is 5. The first-order valence-corrected chi connectivity index (χ1v) is 9.03. The van der Waals surface area contributed by atoms with Crippen molar-refractivity contribution in [2.24, 2.45) is 7.05 Å². The Kier molecular flexibility index (Phi) is 5.32. The molecule has 0 aliphatic carbocycles. The Morgan fingerprint density at radius 1 is 1.35 bits per heavy atom. The first kappa shape index (κ1) is 18.1. The molecule has 2 amide bonds. The van der Waals surface area contributed by atoms with E-state index in [1.807, 2.05) is 49.0 Å². The average molecular weight is 372 g/mol. The molecule has 2 N–H and O–H groups in total. The number of rotatable bonds is 5. The predicted octanol–water partition coefficient (Wildman–Crippen LogP) is 2.30. The van der Waals surface area contributed by atoms with Gasteiger partial charge in [0.2, 0.25) is 0 Å². The summed E-state index contributed by atoms with van der Waals surface area (Å²) in [6, 6.07) is 6.78. The standard InChI is InChI=1S/C18H20N4O3S/c1-11-4-6-12(7-5-11)15-14(16(23)25-3)13(20-17(24)21-15)10-26-18-19-8-9-22(18)2/h4-9,15H,10H2,1-3H3,(H2,20,21,24)/t15-/m1/s1. The molecule has 7 nitrogen and oxygen atoms in total. The molecular weight excluding hydrogens is 352 g/mol. The molecule has 2 aromatic rings. The summed E-state index contributed by atoms with van der Waals surface area (Å²) in [6.45, 7) is 1.98. The number of nitrogens with zero attached hydrogens (tertiary/aromatic N) is 2. The maximum Gasteiger partial charge on any atom is 0.338 e. The fourth-order valence-corrected chi connectivity index (χ4v) is 3.62. The van der Waals surface area contributed by atoms with Crippen LogP contribution in [0.4, 0.5) is 4.79 Å². The van der Waals surface area contributed by atoms with E-state index in [4.69, 9.17) is 4.74 Å². The van der Waals surface area contributed by atoms with Gasteiger partial charge in [0, 0.05) is 30.9 Å². The van der Waals surface area contributed by atoms with Gasteiger partial charge in [-0.25, -0.2) is 14.6 Å². The minimum Gasteiger partial charge on any atom is -0.466 e. The quantitative estimate of drug-likeness (QED) is 0.621. The fourth-order valence-electron chi connectivity index (χ4n) is 2.72. The molecular formula is C18H20N4O3S. The highest BCUT2D eigenvalue weighted by molar-refractivity contribution is 7.99. The van der Waals surface area contributed by atoms with Gasteiger partial charge in [-0.05, 0) is 12.5 Å². The molecule has 0 unspecified atom stereocenters. The van der Waals surface area contributed by atoms with Gasteiger partial charge in [0.25, 0.3) is 0 Å². The van der Waals surface area contributed by atoms with Crippen molar-refractivity contribution >= 4 is 23.8 Å². The van der Waals surface area contributed by atoms with Gasteiger partial charge in [-0.1, -0.05) is 41.6 Å². The van der Waals surface area contributed by atoms with Gasteiger partial charge in [-0.15, -0.1) is 0 Å². The molecule has 1 aromatic heterocycles. The number of carbonyl (C=O) groups excluding carboxylic acids is 2. The zero-order valence-electron chi connectivity index (χ0n) is 14.8. The number of aryl methyl sites for hydroxylation is 2. The van der Waals surface area contributed by atoms with Crippen molar-refractivity contribution in [3.8, 4) is 0 Å². The van der Waals surface area contributed by atoms with Gasteiger partial charge in [0.05, 0.1) is 18.7 Å². The lowest BCUT2D eigenvalue weighted by atomic mass is 9.95. The summed E-state index contributed by atoms with van der Waals surface area (Å²) in [5.41, 5.74) is 2.85. The molecule has 26 heavy (non-hydrogen) atoms. The lowest BCUT2D eigenvalue weighted by Crippen LogP contribution is -2.46. The number of hydrogen-bond donors (Lipinski definition) is 2. The number of imidazole rings is 1. The van der Waals surface area contributed by atoms with E-state index in [2.05, 4.69) is 15.6 Å². The second-order valence-electron chi connectivity index (χ2n) is 5.94. The second-order valence-corrected chi connectivity index (χ2v) is 6.88. The van der Waals surface area contributed by atoms with Crippen molar-refractivity contribution in [2.75, 3.05) is 12.9 Å². The molecule has 1 aliphatic heterocycles. The molecule has 0 bridgehead atoms. The monoisotopic (exact) mass is 372 g/mol. The molecule has 8 heteroatoms. The maximum absolute atomic E-state index is 12.5. The third-order valence-electron chi connectivity index (χ3n) is 4.09. The van der Waals surface area contributed by atoms with E-state index in [1.165, 1.54) is 18.9 Å². The van der Waals surface area contributed by atoms with Crippen molar-refractivity contribution < 1.29 is 14.3 Å². The SMILES string of the molecule is COC(=O)C1=C(CSc2nccn2C)NC(=O)N[C@@H]1c1ccc(C)cc1. The van der Waals surface area contributed by atoms with E-state index in [9.17, 15) is 9.59 Å². The van der Waals surface area contributed by atoms with E-state index in [0.717, 1.165) is 16.3 Å². The Labute approximate surface area is 155 Å². The van der Waals surface area contributed by atoms with Crippen molar-refractivity contribution in [3.63, 3.8) is 0 Å². The lowest BCUT2D eigenvalue weighted by molar-refractivity contribution is -0.136. The van der Waals surface area contributed by atoms with Crippen molar-refractivity contribution in [1.82, 2.24) is 20.2 Å². The normalized spacial score (nSPS) is 16.9. The summed E-state index contributed by atoms with van der Waals surface area (Å²) in [4.78, 5) is 28.9. The number of ether oxygens (including phenoxy) is 1. The van der Waals surface area contributed by atoms with Crippen LogP contribution in [0.25, 0.3) is 0 Å². The van der Waals surface area contributed by atoms with Gasteiger partial charge in [-0.2, -0.15) is 0 Å². The second kappa shape index (κ2) is 7.65. The van der Waals surface area contributed by atoms with Crippen LogP contribution in [0, 0.1) is 6.92 Å². The largest absolute Gasteiger partial charge is 0.466 e. The molecule has 136 valence electrons. The van der Waals surface area contributed by atoms with E-state index in [1.54, 1.807) is 6.20 Å². The molecule has 3 rings (SSSR count). The number of thioether (sulfide) groups is 1. The molecule has 0 fully saturated rings. The lowest BCUT2D eigenvalue weighted by Gasteiger charge is -2.29. The number of amides is 2. The number of nitrogens with one attached hydrogen (secondary N) is 2. The van der Waals surface area contributed by atoms with Crippen LogP contribution in [-0.2, 0) is 16.6 Å². The van der Waals surface area contributed by atoms with E-state index in [-0.39, 0.29) is 6.03 Å². The summed E-state index contributed by atoms with van der Waals surface area (Å²) in [6.07, 6.45) is 3.54. The first-order chi connectivity index (χ1) is 12.5. The van der Waals surface area contributed by atoms with Crippen LogP contribution in [-0.4, -0.2) is 34.4 Å². The zero-order chi connectivity index (χ0) is 18.7. The summed E-state index contributed by atoms with van der Waals surface area (Å²) in [5.74, 6) is -0.0797. The third-order valence-corrected chi connectivity index (χ3v) is 5.18. The summed E-state index contributed by atoms with van der Waals surface area (Å²) in [5, 5.41) is 6.35. The van der Waals surface area contributed by atoms with Crippen LogP contribution >= 0.6 is 11.8 Å². The zero-order valence-corrected chi connectivity index (χ0v) is 15.6. The number of aromatic nitrogens is 2. The van der Waals surface area contributed by atoms with E-state index < -0.39 is 12.0 Å². The highest BCUT2D eigenvalue weighted by Gasteiger charge is 2.33. The highest BCUT2D eigenvalue weighted by Crippen LogP contribution is 2.30. The smallest absolute Gasteiger partial charge is 0.338 e. The van der Waals surface area contributed by atoms with Gasteiger partial charge < -0.3 is 19.9 Å². The number of methoxy groups -OCH3 is 1. The number of benzene rings is 1. The molecule has 1 aliphatic rings. The molecule has 0 saturated heterocycles. The summed E-state index contributed by atoms with van der Waals surface area (Å²) < 4.78 is 6.85. The van der Waals surface area contributed by atoms with Gasteiger partial charge in [0.1, 0.15) is 0 Å². The minimum absolute atomic E-state index is 0.348. The van der Waals surface area contributed by atoms with Crippen molar-refractivity contribution in [3.05, 3.63) is 59.1 Å². The number of esters is 1. The summed E-state index contributed by atoms with van der Waals surface area (Å²) >= 11 is 1.44. The highest BCUT2D eigenvalue weighted by atomic mass is 32.2. The minimum atomic E-state index is -0.561. The Hall–Kier alpha value is -2.74. The van der Waals surface area contributed by atoms with Gasteiger partial charge in [0.15, 0.2) is 5.16 Å². The fraction of sp³-hybridized carbons (Fsp3) is 0.278. The number of urea groups is 1. The maximum atomic E-state index is 12.5. The van der Waals surface area contributed by atoms with Gasteiger partial charge in [-0.3, -0.25) is 0 Å². The van der Waals surface area contributed by atoms with E-state index in [0.29, 0.717) is 17.0 Å². The third kappa shape index (κ3) is 3.75. The predicted molar refractivity (Wildman–Crippen MR) is 98.6 cm³/mol. The van der Waals surface area contributed by atoms with Crippen LogP contribution in [0.15, 0.2) is 53.1 Å². The first-order valence-electron chi connectivity index (χ1n) is 8.05. The van der Waals surface area contributed by atoms with Crippen LogP contribution in [0.3, 0.4) is 0 Å². The molecule has 0 spiro atoms. The Bertz CT molecular complexity index is 858. The molecule has 0 saturated carbocycles. The van der Waals surface area contributed by atoms with Crippen LogP contribution in [0.2, 0.25) is 0 Å². The van der Waals surface area contributed by atoms with Gasteiger partial charge >= 0.3 is 12.0 Å². The molecule has 1 atom stereocenters. The Balaban J connectivity index is 1.97. The molecule has 2 heterocycles. The van der Waals surface area contributed by atoms with Crippen molar-refractivity contribution in [2.45, 2.75) is 18.1 Å². The molecule has 0 radical (unpaired) electrons.